The van der Waals surface area contributed by atoms with Crippen molar-refractivity contribution in [2.45, 2.75) is 44.7 Å². The lowest BCUT2D eigenvalue weighted by atomic mass is 9.81. The van der Waals surface area contributed by atoms with Gasteiger partial charge in [0.25, 0.3) is 0 Å². The molecule has 0 spiro atoms. The van der Waals surface area contributed by atoms with Crippen LogP contribution in [0.5, 0.6) is 0 Å². The Hall–Kier alpha value is -2.96. The zero-order valence-corrected chi connectivity index (χ0v) is 17.6. The molecule has 2 aromatic carbocycles. The van der Waals surface area contributed by atoms with Crippen LogP contribution < -0.4 is 0 Å². The summed E-state index contributed by atoms with van der Waals surface area (Å²) in [6, 6.07) is 15.1. The first-order chi connectivity index (χ1) is 14.7. The van der Waals surface area contributed by atoms with Crippen LogP contribution in [0.4, 0.5) is 0 Å². The Balaban J connectivity index is 1.45. The summed E-state index contributed by atoms with van der Waals surface area (Å²) in [5.74, 6) is 3.30. The Kier molecular flexibility index (Phi) is 6.26. The summed E-state index contributed by atoms with van der Waals surface area (Å²) in [7, 11) is 2.24. The number of pyridine rings is 1. The minimum Gasteiger partial charge on any atom is -0.299 e. The van der Waals surface area contributed by atoms with Crippen LogP contribution in [0, 0.1) is 18.3 Å². The van der Waals surface area contributed by atoms with Gasteiger partial charge in [0.1, 0.15) is 0 Å². The van der Waals surface area contributed by atoms with Crippen molar-refractivity contribution in [3.8, 4) is 12.3 Å². The van der Waals surface area contributed by atoms with Crippen molar-refractivity contribution < 1.29 is 4.79 Å². The molecule has 3 aromatic rings. The quantitative estimate of drug-likeness (QED) is 0.421. The third-order valence-corrected chi connectivity index (χ3v) is 6.46. The zero-order valence-electron chi connectivity index (χ0n) is 17.6. The van der Waals surface area contributed by atoms with Gasteiger partial charge in [-0.15, -0.1) is 6.42 Å². The fraction of sp³-hybridized carbons (Fsp3) is 0.333. The van der Waals surface area contributed by atoms with Gasteiger partial charge in [-0.2, -0.15) is 0 Å². The van der Waals surface area contributed by atoms with Crippen LogP contribution in [0.3, 0.4) is 0 Å². The highest BCUT2D eigenvalue weighted by Crippen LogP contribution is 2.31. The molecule has 0 saturated heterocycles. The topological polar surface area (TPSA) is 33.2 Å². The largest absolute Gasteiger partial charge is 0.299 e. The van der Waals surface area contributed by atoms with Gasteiger partial charge in [-0.3, -0.25) is 14.7 Å². The van der Waals surface area contributed by atoms with Gasteiger partial charge in [-0.05, 0) is 66.3 Å². The first-order valence-corrected chi connectivity index (χ1v) is 10.7. The SMILES string of the molecule is C#Cc1ccc2cc(CC3CCCC(N(C)Cc4cccnc4)C3)ccc2c1C=O. The Bertz CT molecular complexity index is 1070. The molecule has 4 rings (SSSR count). The molecule has 0 N–H and O–H groups in total. The van der Waals surface area contributed by atoms with Gasteiger partial charge in [0.15, 0.2) is 6.29 Å². The van der Waals surface area contributed by atoms with E-state index in [4.69, 9.17) is 6.42 Å². The van der Waals surface area contributed by atoms with Gasteiger partial charge in [-0.1, -0.05) is 49.1 Å². The van der Waals surface area contributed by atoms with Crippen LogP contribution in [0.25, 0.3) is 10.8 Å². The Morgan fingerprint density at radius 1 is 1.20 bits per heavy atom. The normalized spacial score (nSPS) is 19.0. The van der Waals surface area contributed by atoms with E-state index in [1.165, 1.54) is 36.8 Å². The number of aldehydes is 1. The minimum atomic E-state index is 0.615. The number of rotatable bonds is 6. The highest BCUT2D eigenvalue weighted by atomic mass is 16.1. The number of carbonyl (C=O) groups is 1. The molecule has 1 saturated carbocycles. The molecule has 0 amide bonds. The van der Waals surface area contributed by atoms with E-state index in [9.17, 15) is 4.79 Å². The van der Waals surface area contributed by atoms with Gasteiger partial charge in [0, 0.05) is 36.1 Å². The summed E-state index contributed by atoms with van der Waals surface area (Å²) in [6.45, 7) is 0.952. The maximum atomic E-state index is 11.5. The van der Waals surface area contributed by atoms with Crippen LogP contribution in [0.15, 0.2) is 54.9 Å². The monoisotopic (exact) mass is 396 g/mol. The Morgan fingerprint density at radius 2 is 2.10 bits per heavy atom. The van der Waals surface area contributed by atoms with E-state index in [2.05, 4.69) is 47.1 Å². The molecular formula is C27H28N2O. The standard InChI is InChI=1S/C27H28N2O/c1-3-23-10-11-24-15-21(9-12-26(24)27(23)19-30)14-20-6-4-8-25(16-20)29(2)18-22-7-5-13-28-17-22/h1,5,7,9-13,15,17,19-20,25H,4,6,8,14,16,18H2,2H3. The highest BCUT2D eigenvalue weighted by molar-refractivity contribution is 6.00. The number of aromatic nitrogens is 1. The first-order valence-electron chi connectivity index (χ1n) is 10.7. The van der Waals surface area contributed by atoms with E-state index in [0.29, 0.717) is 23.1 Å². The summed E-state index contributed by atoms with van der Waals surface area (Å²) in [5, 5.41) is 2.04. The molecule has 152 valence electrons. The lowest BCUT2D eigenvalue weighted by molar-refractivity contribution is 0.112. The number of terminal acetylenes is 1. The molecule has 0 radical (unpaired) electrons. The smallest absolute Gasteiger partial charge is 0.151 e. The summed E-state index contributed by atoms with van der Waals surface area (Å²) >= 11 is 0. The minimum absolute atomic E-state index is 0.615. The van der Waals surface area contributed by atoms with Gasteiger partial charge in [0.05, 0.1) is 0 Å². The van der Waals surface area contributed by atoms with Crippen LogP contribution in [-0.2, 0) is 13.0 Å². The number of hydrogen-bond acceptors (Lipinski definition) is 3. The van der Waals surface area contributed by atoms with Crippen LogP contribution in [0.2, 0.25) is 0 Å². The zero-order chi connectivity index (χ0) is 20.9. The Morgan fingerprint density at radius 3 is 2.87 bits per heavy atom. The molecule has 2 atom stereocenters. The third kappa shape index (κ3) is 4.45. The number of hydrogen-bond donors (Lipinski definition) is 0. The molecule has 0 aliphatic heterocycles. The van der Waals surface area contributed by atoms with Gasteiger partial charge >= 0.3 is 0 Å². The predicted molar refractivity (Wildman–Crippen MR) is 122 cm³/mol. The van der Waals surface area contributed by atoms with Crippen molar-refractivity contribution in [1.29, 1.82) is 0 Å². The average molecular weight is 397 g/mol. The van der Waals surface area contributed by atoms with Crippen molar-refractivity contribution in [1.82, 2.24) is 9.88 Å². The second-order valence-corrected chi connectivity index (χ2v) is 8.51. The molecule has 0 bridgehead atoms. The van der Waals surface area contributed by atoms with E-state index in [1.807, 2.05) is 30.6 Å². The number of fused-ring (bicyclic) bond motifs is 1. The molecule has 1 aliphatic rings. The maximum absolute atomic E-state index is 11.5. The number of nitrogens with zero attached hydrogens (tertiary/aromatic N) is 2. The Labute approximate surface area is 179 Å². The summed E-state index contributed by atoms with van der Waals surface area (Å²) < 4.78 is 0. The lowest BCUT2D eigenvalue weighted by Crippen LogP contribution is -2.36. The molecule has 1 heterocycles. The van der Waals surface area contributed by atoms with Crippen LogP contribution in [0.1, 0.15) is 52.7 Å². The van der Waals surface area contributed by atoms with Crippen molar-refractivity contribution in [2.24, 2.45) is 5.92 Å². The second-order valence-electron chi connectivity index (χ2n) is 8.51. The van der Waals surface area contributed by atoms with Crippen molar-refractivity contribution >= 4 is 17.1 Å². The molecule has 1 aliphatic carbocycles. The first kappa shape index (κ1) is 20.3. The fourth-order valence-electron chi connectivity index (χ4n) is 4.87. The maximum Gasteiger partial charge on any atom is 0.151 e. The summed E-state index contributed by atoms with van der Waals surface area (Å²) in [5.41, 5.74) is 3.90. The van der Waals surface area contributed by atoms with Crippen molar-refractivity contribution in [3.63, 3.8) is 0 Å². The molecule has 1 fully saturated rings. The summed E-state index contributed by atoms with van der Waals surface area (Å²) in [6.07, 6.45) is 16.3. The van der Waals surface area contributed by atoms with E-state index in [1.54, 1.807) is 0 Å². The average Bonchev–Trinajstić information content (AvgIpc) is 2.79. The highest BCUT2D eigenvalue weighted by Gasteiger charge is 2.25. The van der Waals surface area contributed by atoms with Crippen LogP contribution >= 0.6 is 0 Å². The lowest BCUT2D eigenvalue weighted by Gasteiger charge is -2.35. The molecule has 3 nitrogen and oxygen atoms in total. The van der Waals surface area contributed by atoms with E-state index >= 15 is 0 Å². The van der Waals surface area contributed by atoms with E-state index < -0.39 is 0 Å². The van der Waals surface area contributed by atoms with E-state index in [0.717, 1.165) is 30.0 Å². The van der Waals surface area contributed by atoms with Crippen molar-refractivity contribution in [3.05, 3.63) is 77.1 Å². The summed E-state index contributed by atoms with van der Waals surface area (Å²) in [4.78, 5) is 18.3. The van der Waals surface area contributed by atoms with Gasteiger partial charge in [-0.25, -0.2) is 0 Å². The molecule has 30 heavy (non-hydrogen) atoms. The molecule has 3 heteroatoms. The molecule has 1 aromatic heterocycles. The molecule has 2 unspecified atom stereocenters. The van der Waals surface area contributed by atoms with Gasteiger partial charge in [0.2, 0.25) is 0 Å². The van der Waals surface area contributed by atoms with Crippen molar-refractivity contribution in [2.75, 3.05) is 7.05 Å². The van der Waals surface area contributed by atoms with Crippen LogP contribution in [-0.4, -0.2) is 29.3 Å². The second kappa shape index (κ2) is 9.24. The van der Waals surface area contributed by atoms with Gasteiger partial charge < -0.3 is 0 Å². The third-order valence-electron chi connectivity index (χ3n) is 6.46. The number of carbonyl (C=O) groups excluding carboxylic acids is 1. The predicted octanol–water partition coefficient (Wildman–Crippen LogP) is 5.26. The fourth-order valence-corrected chi connectivity index (χ4v) is 4.87. The number of benzene rings is 2. The van der Waals surface area contributed by atoms with E-state index in [-0.39, 0.29) is 0 Å². The molecular weight excluding hydrogens is 368 g/mol.